The van der Waals surface area contributed by atoms with Crippen LogP contribution in [-0.4, -0.2) is 35.2 Å². The summed E-state index contributed by atoms with van der Waals surface area (Å²) in [6.45, 7) is 6.19. The molecule has 0 aromatic heterocycles. The summed E-state index contributed by atoms with van der Waals surface area (Å²) in [6, 6.07) is 18.8. The predicted octanol–water partition coefficient (Wildman–Crippen LogP) is 6.56. The number of nitrogens with zero attached hydrogens (tertiary/aromatic N) is 1. The molecule has 0 atom stereocenters. The maximum Gasteiger partial charge on any atom is 0.293 e. The molecule has 3 amide bonds. The summed E-state index contributed by atoms with van der Waals surface area (Å²) in [6.07, 6.45) is 1.68. The van der Waals surface area contributed by atoms with Crippen LogP contribution in [0.5, 0.6) is 11.5 Å². The molecule has 1 N–H and O–H groups in total. The summed E-state index contributed by atoms with van der Waals surface area (Å²) in [5, 5.41) is 2.52. The first-order valence-electron chi connectivity index (χ1n) is 12.0. The van der Waals surface area contributed by atoms with Gasteiger partial charge in [-0.1, -0.05) is 42.0 Å². The lowest BCUT2D eigenvalue weighted by atomic mass is 10.1. The Labute approximate surface area is 239 Å². The first kappa shape index (κ1) is 27.7. The number of ether oxygens (including phenoxy) is 2. The van der Waals surface area contributed by atoms with E-state index in [1.165, 1.54) is 4.90 Å². The van der Waals surface area contributed by atoms with Gasteiger partial charge in [-0.2, -0.15) is 0 Å². The highest BCUT2D eigenvalue weighted by Crippen LogP contribution is 2.38. The fourth-order valence-corrected chi connectivity index (χ4v) is 5.53. The van der Waals surface area contributed by atoms with Gasteiger partial charge < -0.3 is 14.8 Å². The maximum atomic E-state index is 13.0. The first-order chi connectivity index (χ1) is 18.2. The molecule has 9 heteroatoms. The number of anilines is 1. The molecule has 1 aliphatic heterocycles. The van der Waals surface area contributed by atoms with Crippen molar-refractivity contribution < 1.29 is 23.9 Å². The summed E-state index contributed by atoms with van der Waals surface area (Å²) >= 11 is 3.03. The summed E-state index contributed by atoms with van der Waals surface area (Å²) in [7, 11) is 0. The van der Waals surface area contributed by atoms with E-state index >= 15 is 0 Å². The normalized spacial score (nSPS) is 14.2. The summed E-state index contributed by atoms with van der Waals surface area (Å²) in [5.74, 6) is 0.271. The fourth-order valence-electron chi connectivity index (χ4n) is 3.91. The summed E-state index contributed by atoms with van der Waals surface area (Å²) < 4.78 is 12.3. The summed E-state index contributed by atoms with van der Waals surface area (Å²) in [4.78, 5) is 39.7. The number of benzene rings is 3. The zero-order valence-electron chi connectivity index (χ0n) is 21.2. The molecule has 1 saturated heterocycles. The van der Waals surface area contributed by atoms with E-state index in [1.54, 1.807) is 12.1 Å². The minimum Gasteiger partial charge on any atom is -0.490 e. The Morgan fingerprint density at radius 3 is 2.47 bits per heavy atom. The van der Waals surface area contributed by atoms with E-state index in [9.17, 15) is 14.4 Å². The number of halogens is 1. The number of thioether (sulfide) groups is 1. The lowest BCUT2D eigenvalue weighted by molar-refractivity contribution is -0.123. The third-order valence-corrected chi connectivity index (χ3v) is 7.28. The van der Waals surface area contributed by atoms with Gasteiger partial charge in [0.1, 0.15) is 0 Å². The Bertz CT molecular complexity index is 1420. The van der Waals surface area contributed by atoms with Crippen molar-refractivity contribution in [1.82, 2.24) is 4.90 Å². The Hall–Kier alpha value is -3.31. The molecular formula is C29H27IN2O5S. The van der Waals surface area contributed by atoms with Gasteiger partial charge in [0.15, 0.2) is 18.1 Å². The topological polar surface area (TPSA) is 84.9 Å². The fraction of sp³-hybridized carbons (Fsp3) is 0.207. The molecule has 1 heterocycles. The van der Waals surface area contributed by atoms with Crippen molar-refractivity contribution >= 4 is 63.2 Å². The molecule has 0 aliphatic carbocycles. The molecule has 38 heavy (non-hydrogen) atoms. The minimum atomic E-state index is -0.331. The highest BCUT2D eigenvalue weighted by atomic mass is 127. The smallest absolute Gasteiger partial charge is 0.293 e. The summed E-state index contributed by atoms with van der Waals surface area (Å²) in [5.41, 5.74) is 4.40. The van der Waals surface area contributed by atoms with Gasteiger partial charge in [-0.05, 0) is 102 Å². The maximum absolute atomic E-state index is 13.0. The van der Waals surface area contributed by atoms with Crippen LogP contribution in [0.15, 0.2) is 65.6 Å². The second-order valence-corrected chi connectivity index (χ2v) is 10.9. The van der Waals surface area contributed by atoms with E-state index in [4.69, 9.17) is 9.47 Å². The monoisotopic (exact) mass is 642 g/mol. The van der Waals surface area contributed by atoms with Crippen LogP contribution in [0, 0.1) is 17.4 Å². The Morgan fingerprint density at radius 2 is 1.76 bits per heavy atom. The van der Waals surface area contributed by atoms with Crippen LogP contribution in [0.4, 0.5) is 10.5 Å². The van der Waals surface area contributed by atoms with Gasteiger partial charge in [0.25, 0.3) is 17.1 Å². The number of amides is 3. The highest BCUT2D eigenvalue weighted by Gasteiger charge is 2.35. The molecule has 0 spiro atoms. The molecule has 7 nitrogen and oxygen atoms in total. The zero-order valence-corrected chi connectivity index (χ0v) is 24.2. The molecule has 0 unspecified atom stereocenters. The number of aryl methyl sites for hydroxylation is 2. The van der Waals surface area contributed by atoms with Gasteiger partial charge >= 0.3 is 0 Å². The van der Waals surface area contributed by atoms with E-state index in [0.29, 0.717) is 37.8 Å². The number of imide groups is 1. The van der Waals surface area contributed by atoms with Crippen molar-refractivity contribution in [3.8, 4) is 11.5 Å². The van der Waals surface area contributed by atoms with Crippen LogP contribution in [0.3, 0.4) is 0 Å². The second kappa shape index (κ2) is 12.5. The molecule has 1 aliphatic rings. The average molecular weight is 643 g/mol. The van der Waals surface area contributed by atoms with E-state index in [-0.39, 0.29) is 30.2 Å². The van der Waals surface area contributed by atoms with Crippen molar-refractivity contribution in [2.45, 2.75) is 27.3 Å². The van der Waals surface area contributed by atoms with Crippen LogP contribution >= 0.6 is 34.4 Å². The Morgan fingerprint density at radius 1 is 1.03 bits per heavy atom. The Balaban J connectivity index is 1.49. The van der Waals surface area contributed by atoms with Crippen molar-refractivity contribution in [2.24, 2.45) is 0 Å². The van der Waals surface area contributed by atoms with Crippen LogP contribution in [0.2, 0.25) is 0 Å². The highest BCUT2D eigenvalue weighted by molar-refractivity contribution is 14.1. The van der Waals surface area contributed by atoms with Crippen molar-refractivity contribution in [3.63, 3.8) is 0 Å². The minimum absolute atomic E-state index is 0.193. The van der Waals surface area contributed by atoms with E-state index < -0.39 is 0 Å². The van der Waals surface area contributed by atoms with Crippen LogP contribution in [-0.2, 0) is 16.1 Å². The average Bonchev–Trinajstić information content (AvgIpc) is 3.11. The molecule has 0 saturated carbocycles. The number of carbonyl (C=O) groups is 3. The molecule has 4 rings (SSSR count). The SMILES string of the molecule is CCOc1cc(/C=C2\SC(=O)N(Cc3cccc(C)c3)C2=O)cc(I)c1OCC(=O)Nc1cccc(C)c1. The Kier molecular flexibility index (Phi) is 9.11. The van der Waals surface area contributed by atoms with Crippen molar-refractivity contribution in [3.05, 3.63) is 91.4 Å². The quantitative estimate of drug-likeness (QED) is 0.210. The molecule has 0 bridgehead atoms. The van der Waals surface area contributed by atoms with Gasteiger partial charge in [0.05, 0.1) is 21.6 Å². The van der Waals surface area contributed by atoms with Crippen LogP contribution in [0.1, 0.15) is 29.2 Å². The van der Waals surface area contributed by atoms with E-state index in [0.717, 1.165) is 28.5 Å². The molecule has 0 radical (unpaired) electrons. The third-order valence-electron chi connectivity index (χ3n) is 5.58. The lowest BCUT2D eigenvalue weighted by Crippen LogP contribution is -2.27. The largest absolute Gasteiger partial charge is 0.490 e. The van der Waals surface area contributed by atoms with Gasteiger partial charge in [-0.25, -0.2) is 0 Å². The molecule has 3 aromatic rings. The van der Waals surface area contributed by atoms with Crippen LogP contribution in [0.25, 0.3) is 6.08 Å². The number of carbonyl (C=O) groups excluding carboxylic acids is 3. The third kappa shape index (κ3) is 6.96. The van der Waals surface area contributed by atoms with Gasteiger partial charge in [0, 0.05) is 5.69 Å². The van der Waals surface area contributed by atoms with Crippen LogP contribution < -0.4 is 14.8 Å². The number of hydrogen-bond acceptors (Lipinski definition) is 6. The predicted molar refractivity (Wildman–Crippen MR) is 158 cm³/mol. The van der Waals surface area contributed by atoms with Gasteiger partial charge in [0.2, 0.25) is 0 Å². The number of rotatable bonds is 9. The molecular weight excluding hydrogens is 615 g/mol. The number of nitrogens with one attached hydrogen (secondary N) is 1. The van der Waals surface area contributed by atoms with Gasteiger partial charge in [-0.3, -0.25) is 19.3 Å². The molecule has 196 valence electrons. The van der Waals surface area contributed by atoms with Gasteiger partial charge in [-0.15, -0.1) is 0 Å². The van der Waals surface area contributed by atoms with Crippen molar-refractivity contribution in [2.75, 3.05) is 18.5 Å². The standard InChI is InChI=1S/C29H27IN2O5S/c1-4-36-24-14-21(13-23(30)27(24)37-17-26(33)31-22-10-6-8-19(3)12-22)15-25-28(34)32(29(35)38-25)16-20-9-5-7-18(2)11-20/h5-15H,4,16-17H2,1-3H3,(H,31,33)/b25-15-. The zero-order chi connectivity index (χ0) is 27.2. The van der Waals surface area contributed by atoms with Crippen molar-refractivity contribution in [1.29, 1.82) is 0 Å². The molecule has 1 fully saturated rings. The van der Waals surface area contributed by atoms with E-state index in [1.807, 2.05) is 75.4 Å². The second-order valence-electron chi connectivity index (χ2n) is 8.73. The number of hydrogen-bond donors (Lipinski definition) is 1. The molecule has 3 aromatic carbocycles. The lowest BCUT2D eigenvalue weighted by Gasteiger charge is -2.15. The first-order valence-corrected chi connectivity index (χ1v) is 13.9. The van der Waals surface area contributed by atoms with E-state index in [2.05, 4.69) is 27.9 Å².